The maximum Gasteiger partial charge on any atom is 0.257 e. The van der Waals surface area contributed by atoms with Crippen LogP contribution in [-0.4, -0.2) is 44.8 Å². The summed E-state index contributed by atoms with van der Waals surface area (Å²) in [4.78, 5) is 14.7. The van der Waals surface area contributed by atoms with Crippen LogP contribution < -0.4 is 0 Å². The summed E-state index contributed by atoms with van der Waals surface area (Å²) < 4.78 is 12.8. The molecule has 7 heteroatoms. The molecule has 1 aliphatic heterocycles. The lowest BCUT2D eigenvalue weighted by atomic mass is 10.1. The van der Waals surface area contributed by atoms with Crippen molar-refractivity contribution in [2.75, 3.05) is 13.2 Å². The van der Waals surface area contributed by atoms with E-state index in [9.17, 15) is 4.79 Å². The molecule has 0 saturated heterocycles. The first kappa shape index (κ1) is 15.7. The van der Waals surface area contributed by atoms with Crippen molar-refractivity contribution < 1.29 is 13.9 Å². The van der Waals surface area contributed by atoms with Crippen molar-refractivity contribution in [3.05, 3.63) is 35.3 Å². The van der Waals surface area contributed by atoms with E-state index in [0.717, 1.165) is 11.6 Å². The molecular formula is C16H22N4O3. The van der Waals surface area contributed by atoms with Gasteiger partial charge in [0.1, 0.15) is 18.2 Å². The number of carbonyl (C=O) groups excluding carboxylic acids is 1. The largest absolute Gasteiger partial charge is 0.469 e. The number of rotatable bonds is 4. The SMILES string of the molecule is CCOCc1nnc2n1CCN(C(=O)c1ccoc1C)C(C)C2. The minimum Gasteiger partial charge on any atom is -0.469 e. The standard InChI is InChI=1S/C16H22N4O3/c1-4-22-10-15-18-17-14-9-11(2)19(6-7-20(14)15)16(21)13-5-8-23-12(13)3/h5,8,11H,4,6-7,9-10H2,1-3H3. The van der Waals surface area contributed by atoms with Crippen LogP contribution in [0, 0.1) is 6.92 Å². The van der Waals surface area contributed by atoms with Crippen LogP contribution in [0.1, 0.15) is 41.6 Å². The molecule has 2 aromatic heterocycles. The Morgan fingerprint density at radius 3 is 2.96 bits per heavy atom. The molecule has 0 saturated carbocycles. The van der Waals surface area contributed by atoms with E-state index in [0.29, 0.717) is 44.0 Å². The highest BCUT2D eigenvalue weighted by Gasteiger charge is 2.29. The molecule has 2 aromatic rings. The molecule has 0 fully saturated rings. The Morgan fingerprint density at radius 2 is 2.26 bits per heavy atom. The lowest BCUT2D eigenvalue weighted by molar-refractivity contribution is 0.0692. The number of nitrogens with zero attached hydrogens (tertiary/aromatic N) is 4. The second-order valence-corrected chi connectivity index (χ2v) is 5.76. The molecule has 0 aromatic carbocycles. The van der Waals surface area contributed by atoms with Gasteiger partial charge in [-0.3, -0.25) is 4.79 Å². The number of amides is 1. The average molecular weight is 318 g/mol. The van der Waals surface area contributed by atoms with Crippen LogP contribution in [0.5, 0.6) is 0 Å². The van der Waals surface area contributed by atoms with Crippen molar-refractivity contribution in [3.63, 3.8) is 0 Å². The first-order valence-electron chi connectivity index (χ1n) is 7.95. The summed E-state index contributed by atoms with van der Waals surface area (Å²) >= 11 is 0. The molecule has 0 spiro atoms. The molecule has 1 unspecified atom stereocenters. The van der Waals surface area contributed by atoms with Gasteiger partial charge >= 0.3 is 0 Å². The first-order valence-corrected chi connectivity index (χ1v) is 7.95. The molecule has 0 N–H and O–H groups in total. The fourth-order valence-corrected chi connectivity index (χ4v) is 2.95. The van der Waals surface area contributed by atoms with Gasteiger partial charge in [-0.2, -0.15) is 0 Å². The topological polar surface area (TPSA) is 73.4 Å². The highest BCUT2D eigenvalue weighted by Crippen LogP contribution is 2.19. The van der Waals surface area contributed by atoms with Gasteiger partial charge in [0.05, 0.1) is 11.8 Å². The van der Waals surface area contributed by atoms with Crippen LogP contribution in [0.3, 0.4) is 0 Å². The molecule has 124 valence electrons. The maximum atomic E-state index is 12.8. The van der Waals surface area contributed by atoms with E-state index >= 15 is 0 Å². The number of furan rings is 1. The van der Waals surface area contributed by atoms with Gasteiger partial charge in [0.15, 0.2) is 5.82 Å². The van der Waals surface area contributed by atoms with Gasteiger partial charge in [-0.05, 0) is 26.8 Å². The molecule has 0 bridgehead atoms. The van der Waals surface area contributed by atoms with E-state index in [1.807, 2.05) is 25.7 Å². The Kier molecular flexibility index (Phi) is 4.47. The first-order chi connectivity index (χ1) is 11.1. The second kappa shape index (κ2) is 6.54. The van der Waals surface area contributed by atoms with Crippen molar-refractivity contribution in [2.24, 2.45) is 0 Å². The Hall–Kier alpha value is -2.15. The number of ether oxygens (including phenoxy) is 1. The van der Waals surface area contributed by atoms with Crippen LogP contribution in [0.15, 0.2) is 16.7 Å². The maximum absolute atomic E-state index is 12.8. The number of aryl methyl sites for hydroxylation is 1. The predicted molar refractivity (Wildman–Crippen MR) is 83.0 cm³/mol. The van der Waals surface area contributed by atoms with Gasteiger partial charge in [0.2, 0.25) is 0 Å². The zero-order valence-corrected chi connectivity index (χ0v) is 13.8. The fourth-order valence-electron chi connectivity index (χ4n) is 2.95. The zero-order valence-electron chi connectivity index (χ0n) is 13.8. The number of carbonyl (C=O) groups is 1. The van der Waals surface area contributed by atoms with Crippen molar-refractivity contribution in [3.8, 4) is 0 Å². The highest BCUT2D eigenvalue weighted by molar-refractivity contribution is 5.95. The quantitative estimate of drug-likeness (QED) is 0.859. The molecule has 7 nitrogen and oxygen atoms in total. The lowest BCUT2D eigenvalue weighted by Gasteiger charge is -2.26. The van der Waals surface area contributed by atoms with Crippen LogP contribution in [0.2, 0.25) is 0 Å². The van der Waals surface area contributed by atoms with Gasteiger partial charge in [0, 0.05) is 32.2 Å². The zero-order chi connectivity index (χ0) is 16.4. The summed E-state index contributed by atoms with van der Waals surface area (Å²) in [6, 6.07) is 1.79. The van der Waals surface area contributed by atoms with Gasteiger partial charge < -0.3 is 18.6 Å². The van der Waals surface area contributed by atoms with E-state index in [1.165, 1.54) is 0 Å². The fraction of sp³-hybridized carbons (Fsp3) is 0.562. The Balaban J connectivity index is 1.79. The minimum atomic E-state index is 0.00817. The normalized spacial score (nSPS) is 17.9. The van der Waals surface area contributed by atoms with E-state index in [-0.39, 0.29) is 11.9 Å². The molecule has 0 radical (unpaired) electrons. The summed E-state index contributed by atoms with van der Waals surface area (Å²) in [5.74, 6) is 2.39. The van der Waals surface area contributed by atoms with Gasteiger partial charge in [-0.25, -0.2) is 0 Å². The van der Waals surface area contributed by atoms with Crippen LogP contribution in [-0.2, 0) is 24.3 Å². The smallest absolute Gasteiger partial charge is 0.257 e. The molecular weight excluding hydrogens is 296 g/mol. The minimum absolute atomic E-state index is 0.00817. The third kappa shape index (κ3) is 3.01. The van der Waals surface area contributed by atoms with E-state index in [4.69, 9.17) is 9.15 Å². The van der Waals surface area contributed by atoms with Crippen molar-refractivity contribution in [1.29, 1.82) is 0 Å². The van der Waals surface area contributed by atoms with Crippen molar-refractivity contribution in [2.45, 2.75) is 46.4 Å². The van der Waals surface area contributed by atoms with E-state index < -0.39 is 0 Å². The Morgan fingerprint density at radius 1 is 1.43 bits per heavy atom. The predicted octanol–water partition coefficient (Wildman–Crippen LogP) is 1.80. The number of hydrogen-bond acceptors (Lipinski definition) is 5. The third-order valence-corrected chi connectivity index (χ3v) is 4.26. The van der Waals surface area contributed by atoms with Gasteiger partial charge in [0.25, 0.3) is 5.91 Å². The molecule has 1 atom stereocenters. The lowest BCUT2D eigenvalue weighted by Crippen LogP contribution is -2.40. The van der Waals surface area contributed by atoms with Crippen LogP contribution >= 0.6 is 0 Å². The summed E-state index contributed by atoms with van der Waals surface area (Å²) in [7, 11) is 0. The monoisotopic (exact) mass is 318 g/mol. The average Bonchev–Trinajstić information content (AvgIpc) is 3.08. The molecule has 3 rings (SSSR count). The summed E-state index contributed by atoms with van der Waals surface area (Å²) in [6.07, 6.45) is 2.24. The molecule has 1 aliphatic rings. The second-order valence-electron chi connectivity index (χ2n) is 5.76. The van der Waals surface area contributed by atoms with Gasteiger partial charge in [-0.15, -0.1) is 10.2 Å². The molecule has 23 heavy (non-hydrogen) atoms. The number of aromatic nitrogens is 3. The van der Waals surface area contributed by atoms with Crippen LogP contribution in [0.4, 0.5) is 0 Å². The number of fused-ring (bicyclic) bond motifs is 1. The summed E-state index contributed by atoms with van der Waals surface area (Å²) in [5.41, 5.74) is 0.629. The molecule has 3 heterocycles. The van der Waals surface area contributed by atoms with Crippen LogP contribution in [0.25, 0.3) is 0 Å². The summed E-state index contributed by atoms with van der Waals surface area (Å²) in [5, 5.41) is 8.49. The Bertz CT molecular complexity index is 691. The van der Waals surface area contributed by atoms with Gasteiger partial charge in [-0.1, -0.05) is 0 Å². The third-order valence-electron chi connectivity index (χ3n) is 4.26. The van der Waals surface area contributed by atoms with Crippen molar-refractivity contribution in [1.82, 2.24) is 19.7 Å². The highest BCUT2D eigenvalue weighted by atomic mass is 16.5. The van der Waals surface area contributed by atoms with E-state index in [2.05, 4.69) is 14.8 Å². The Labute approximate surface area is 135 Å². The molecule has 0 aliphatic carbocycles. The molecule has 1 amide bonds. The van der Waals surface area contributed by atoms with Crippen molar-refractivity contribution >= 4 is 5.91 Å². The summed E-state index contributed by atoms with van der Waals surface area (Å²) in [6.45, 7) is 8.20. The number of hydrogen-bond donors (Lipinski definition) is 0. The van der Waals surface area contributed by atoms with E-state index in [1.54, 1.807) is 12.3 Å².